The number of amides is 5. The van der Waals surface area contributed by atoms with E-state index in [1.165, 1.54) is 6.92 Å². The lowest BCUT2D eigenvalue weighted by Gasteiger charge is -2.31. The van der Waals surface area contributed by atoms with E-state index in [0.29, 0.717) is 19.1 Å². The number of nitrogens with one attached hydrogen (secondary N) is 5. The van der Waals surface area contributed by atoms with Gasteiger partial charge in [0, 0.05) is 12.8 Å². The molecular weight excluding hydrogens is 606 g/mol. The molecule has 0 heterocycles. The van der Waals surface area contributed by atoms with E-state index in [4.69, 9.17) is 0 Å². The topological polar surface area (TPSA) is 203 Å². The van der Waals surface area contributed by atoms with Gasteiger partial charge in [-0.3, -0.25) is 24.0 Å². The minimum absolute atomic E-state index is 0.0342. The zero-order chi connectivity index (χ0) is 36.6. The van der Waals surface area contributed by atoms with E-state index < -0.39 is 72.5 Å². The Bertz CT molecular complexity index is 1020. The molecule has 0 rings (SSSR count). The zero-order valence-corrected chi connectivity index (χ0v) is 30.4. The normalized spacial score (nSPS) is 16.2. The summed E-state index contributed by atoms with van der Waals surface area (Å²) in [5.74, 6) is -2.74. The van der Waals surface area contributed by atoms with Gasteiger partial charge in [-0.1, -0.05) is 69.2 Å². The van der Waals surface area contributed by atoms with Crippen molar-refractivity contribution < 1.29 is 39.0 Å². The van der Waals surface area contributed by atoms with Gasteiger partial charge in [0.05, 0.1) is 30.7 Å². The first-order chi connectivity index (χ1) is 21.7. The van der Waals surface area contributed by atoms with Gasteiger partial charge in [-0.2, -0.15) is 0 Å². The average Bonchev–Trinajstić information content (AvgIpc) is 2.92. The van der Waals surface area contributed by atoms with Crippen molar-refractivity contribution in [1.29, 1.82) is 0 Å². The van der Waals surface area contributed by atoms with Crippen molar-refractivity contribution in [1.82, 2.24) is 26.6 Å². The zero-order valence-electron chi connectivity index (χ0n) is 30.4. The molecule has 7 N–H and O–H groups in total. The number of rotatable bonds is 22. The van der Waals surface area contributed by atoms with Crippen molar-refractivity contribution in [3.05, 3.63) is 0 Å². The molecule has 0 aromatic rings. The second-order valence-corrected chi connectivity index (χ2v) is 14.6. The Labute approximate surface area is 281 Å². The second kappa shape index (κ2) is 21.7. The maximum absolute atomic E-state index is 13.5. The van der Waals surface area contributed by atoms with Crippen molar-refractivity contribution in [2.24, 2.45) is 29.6 Å². The van der Waals surface area contributed by atoms with Crippen LogP contribution >= 0.6 is 0 Å². The highest BCUT2D eigenvalue weighted by molar-refractivity contribution is 5.92. The molecule has 272 valence electrons. The molecule has 0 saturated carbocycles. The van der Waals surface area contributed by atoms with Crippen LogP contribution in [0.2, 0.25) is 0 Å². The summed E-state index contributed by atoms with van der Waals surface area (Å²) in [6.07, 6.45) is -1.31. The van der Waals surface area contributed by atoms with E-state index in [2.05, 4.69) is 26.6 Å². The van der Waals surface area contributed by atoms with Gasteiger partial charge in [0.15, 0.2) is 0 Å². The summed E-state index contributed by atoms with van der Waals surface area (Å²) in [7, 11) is 0. The van der Waals surface area contributed by atoms with E-state index in [9.17, 15) is 39.0 Å². The van der Waals surface area contributed by atoms with Gasteiger partial charge in [0.2, 0.25) is 29.5 Å². The summed E-state index contributed by atoms with van der Waals surface area (Å²) in [4.78, 5) is 75.7. The number of carbonyl (C=O) groups is 6. The molecule has 0 aliphatic rings. The van der Waals surface area contributed by atoms with Crippen LogP contribution in [0.1, 0.15) is 108 Å². The highest BCUT2D eigenvalue weighted by atomic mass is 16.3. The summed E-state index contributed by atoms with van der Waals surface area (Å²) in [6.45, 7) is 20.1. The summed E-state index contributed by atoms with van der Waals surface area (Å²) in [5.41, 5.74) is 0. The predicted octanol–water partition coefficient (Wildman–Crippen LogP) is 1.58. The first-order valence-electron chi connectivity index (χ1n) is 17.0. The lowest BCUT2D eigenvalue weighted by atomic mass is 9.95. The quantitative estimate of drug-likeness (QED) is 0.0842. The smallest absolute Gasteiger partial charge is 0.243 e. The maximum atomic E-state index is 13.5. The van der Waals surface area contributed by atoms with Gasteiger partial charge in [0.25, 0.3) is 0 Å². The first kappa shape index (κ1) is 43.9. The van der Waals surface area contributed by atoms with Gasteiger partial charge in [-0.05, 0) is 49.4 Å². The van der Waals surface area contributed by atoms with Crippen molar-refractivity contribution in [2.75, 3.05) is 0 Å². The van der Waals surface area contributed by atoms with E-state index in [0.717, 1.165) is 0 Å². The van der Waals surface area contributed by atoms with Crippen LogP contribution in [0.5, 0.6) is 0 Å². The minimum atomic E-state index is -1.30. The van der Waals surface area contributed by atoms with Crippen LogP contribution in [-0.2, 0) is 28.8 Å². The average molecular weight is 670 g/mol. The van der Waals surface area contributed by atoms with Crippen LogP contribution < -0.4 is 26.6 Å². The summed E-state index contributed by atoms with van der Waals surface area (Å²) >= 11 is 0. The third kappa shape index (κ3) is 17.6. The Kier molecular flexibility index (Phi) is 20.3. The van der Waals surface area contributed by atoms with Crippen LogP contribution in [0.3, 0.4) is 0 Å². The van der Waals surface area contributed by atoms with Crippen molar-refractivity contribution in [3.63, 3.8) is 0 Å². The van der Waals surface area contributed by atoms with Crippen molar-refractivity contribution in [2.45, 2.75) is 151 Å². The molecular formula is C34H63N5O8. The lowest BCUT2D eigenvalue weighted by molar-refractivity contribution is -0.134. The summed E-state index contributed by atoms with van der Waals surface area (Å²) in [5, 5.41) is 35.0. The SMILES string of the molecule is CC(C)CC(=O)N[C@H](C(=O)N[C@H](C(=O)N[C@@H](CC(C)C)[C@@H](O)CC(=O)N[C@@H](C)C(=O)N[C@@H](CC(C)C)[C@@H](O)CC=O)C(C)C)C(C)C. The molecule has 0 fully saturated rings. The van der Waals surface area contributed by atoms with E-state index in [1.807, 2.05) is 41.5 Å². The molecule has 13 nitrogen and oxygen atoms in total. The molecule has 13 heteroatoms. The monoisotopic (exact) mass is 669 g/mol. The van der Waals surface area contributed by atoms with Crippen LogP contribution in [0.15, 0.2) is 0 Å². The van der Waals surface area contributed by atoms with Crippen molar-refractivity contribution in [3.8, 4) is 0 Å². The minimum Gasteiger partial charge on any atom is -0.391 e. The number of aliphatic hydroxyl groups is 2. The van der Waals surface area contributed by atoms with Gasteiger partial charge in [-0.25, -0.2) is 0 Å². The Hall–Kier alpha value is -3.06. The first-order valence-corrected chi connectivity index (χ1v) is 17.0. The van der Waals surface area contributed by atoms with Gasteiger partial charge < -0.3 is 41.6 Å². The summed E-state index contributed by atoms with van der Waals surface area (Å²) < 4.78 is 0. The lowest BCUT2D eigenvalue weighted by Crippen LogP contribution is -2.59. The Morgan fingerprint density at radius 3 is 1.40 bits per heavy atom. The molecule has 0 aliphatic carbocycles. The molecule has 0 unspecified atom stereocenters. The van der Waals surface area contributed by atoms with Gasteiger partial charge >= 0.3 is 0 Å². The Morgan fingerprint density at radius 1 is 0.532 bits per heavy atom. The Morgan fingerprint density at radius 2 is 0.957 bits per heavy atom. The van der Waals surface area contributed by atoms with Gasteiger partial charge in [0.1, 0.15) is 24.4 Å². The molecule has 7 atom stereocenters. The van der Waals surface area contributed by atoms with E-state index in [-0.39, 0.29) is 48.3 Å². The molecule has 0 saturated heterocycles. The number of aliphatic hydroxyl groups excluding tert-OH is 2. The van der Waals surface area contributed by atoms with Crippen LogP contribution in [0.4, 0.5) is 0 Å². The van der Waals surface area contributed by atoms with Gasteiger partial charge in [-0.15, -0.1) is 0 Å². The van der Waals surface area contributed by atoms with E-state index in [1.54, 1.807) is 27.7 Å². The number of carbonyl (C=O) groups excluding carboxylic acids is 6. The van der Waals surface area contributed by atoms with Crippen molar-refractivity contribution >= 4 is 35.8 Å². The molecule has 5 amide bonds. The third-order valence-electron chi connectivity index (χ3n) is 7.64. The molecule has 0 spiro atoms. The number of hydrogen-bond donors (Lipinski definition) is 7. The standard InChI is InChI=1S/C34H63N5O8/c1-18(2)14-24(26(41)12-13-40)36-32(45)23(11)35-29(44)17-27(42)25(15-19(3)4)37-33(46)31(22(9)10)39-34(47)30(21(7)8)38-28(43)16-20(5)6/h13,18-27,30-31,41-42H,12,14-17H2,1-11H3,(H,35,44)(H,36,45)(H,37,46)(H,38,43)(H,39,47)/t23-,24-,25-,26-,27-,30-,31-/m0/s1. The molecule has 0 aromatic carbocycles. The molecule has 0 bridgehead atoms. The number of hydrogen-bond acceptors (Lipinski definition) is 8. The highest BCUT2D eigenvalue weighted by Gasteiger charge is 2.33. The fourth-order valence-electron chi connectivity index (χ4n) is 5.10. The Balaban J connectivity index is 5.58. The fourth-order valence-corrected chi connectivity index (χ4v) is 5.10. The van der Waals surface area contributed by atoms with Crippen LogP contribution in [0, 0.1) is 29.6 Å². The molecule has 0 aromatic heterocycles. The predicted molar refractivity (Wildman–Crippen MR) is 181 cm³/mol. The third-order valence-corrected chi connectivity index (χ3v) is 7.64. The summed E-state index contributed by atoms with van der Waals surface area (Å²) in [6, 6.07) is -4.33. The maximum Gasteiger partial charge on any atom is 0.243 e. The second-order valence-electron chi connectivity index (χ2n) is 14.6. The largest absolute Gasteiger partial charge is 0.391 e. The van der Waals surface area contributed by atoms with Crippen LogP contribution in [0.25, 0.3) is 0 Å². The van der Waals surface area contributed by atoms with Crippen LogP contribution in [-0.4, -0.2) is 88.5 Å². The van der Waals surface area contributed by atoms with E-state index >= 15 is 0 Å². The fraction of sp³-hybridized carbons (Fsp3) is 0.824. The highest BCUT2D eigenvalue weighted by Crippen LogP contribution is 2.15. The molecule has 47 heavy (non-hydrogen) atoms. The molecule has 0 aliphatic heterocycles. The number of aldehydes is 1. The molecule has 0 radical (unpaired) electrons.